The summed E-state index contributed by atoms with van der Waals surface area (Å²) >= 11 is 0. The molecule has 2 heteroatoms. The Morgan fingerprint density at radius 2 is 1.63 bits per heavy atom. The predicted molar refractivity (Wildman–Crippen MR) is 79.5 cm³/mol. The number of pyridine rings is 1. The van der Waals surface area contributed by atoms with Gasteiger partial charge in [-0.3, -0.25) is 4.98 Å². The quantitative estimate of drug-likeness (QED) is 0.672. The van der Waals surface area contributed by atoms with Gasteiger partial charge in [-0.15, -0.1) is 0 Å². The van der Waals surface area contributed by atoms with Gasteiger partial charge in [0.05, 0.1) is 5.52 Å². The van der Waals surface area contributed by atoms with Crippen LogP contribution in [0.25, 0.3) is 10.9 Å². The van der Waals surface area contributed by atoms with E-state index >= 15 is 0 Å². The summed E-state index contributed by atoms with van der Waals surface area (Å²) in [5, 5.41) is 1.21. The van der Waals surface area contributed by atoms with E-state index in [2.05, 4.69) is 65.9 Å². The summed E-state index contributed by atoms with van der Waals surface area (Å²) in [6, 6.07) is 15.1. The minimum atomic E-state index is 0.925. The first-order valence-electron chi connectivity index (χ1n) is 6.62. The molecule has 0 spiro atoms. The molecule has 96 valence electrons. The zero-order valence-corrected chi connectivity index (χ0v) is 11.6. The molecule has 0 atom stereocenters. The topological polar surface area (TPSA) is 17.8 Å². The molecule has 2 aromatic heterocycles. The highest BCUT2D eigenvalue weighted by molar-refractivity contribution is 5.79. The molecule has 19 heavy (non-hydrogen) atoms. The van der Waals surface area contributed by atoms with Gasteiger partial charge in [-0.2, -0.15) is 0 Å². The van der Waals surface area contributed by atoms with E-state index in [0.717, 1.165) is 17.8 Å². The van der Waals surface area contributed by atoms with Crippen LogP contribution in [-0.2, 0) is 6.54 Å². The molecule has 1 aromatic carbocycles. The van der Waals surface area contributed by atoms with Crippen molar-refractivity contribution in [2.24, 2.45) is 0 Å². The Morgan fingerprint density at radius 1 is 0.895 bits per heavy atom. The third-order valence-corrected chi connectivity index (χ3v) is 3.65. The Labute approximate surface area is 113 Å². The number of hydrogen-bond acceptors (Lipinski definition) is 1. The van der Waals surface area contributed by atoms with Crippen LogP contribution >= 0.6 is 0 Å². The molecule has 0 amide bonds. The van der Waals surface area contributed by atoms with Crippen LogP contribution < -0.4 is 0 Å². The normalized spacial score (nSPS) is 11.1. The Hall–Kier alpha value is -2.09. The Morgan fingerprint density at radius 3 is 2.37 bits per heavy atom. The molecule has 3 aromatic rings. The van der Waals surface area contributed by atoms with Crippen LogP contribution in [-0.4, -0.2) is 9.55 Å². The van der Waals surface area contributed by atoms with Crippen LogP contribution in [0.15, 0.2) is 42.5 Å². The summed E-state index contributed by atoms with van der Waals surface area (Å²) in [4.78, 5) is 4.54. The van der Waals surface area contributed by atoms with Crippen molar-refractivity contribution in [3.05, 3.63) is 65.1 Å². The van der Waals surface area contributed by atoms with Crippen LogP contribution in [0.5, 0.6) is 0 Å². The standard InChI is InChI=1S/C17H18N2/c1-12-4-8-16-10-15(7-9-17(16)18-12)11-19-13(2)5-6-14(19)3/h4-10H,11H2,1-3H3. The van der Waals surface area contributed by atoms with E-state index < -0.39 is 0 Å². The van der Waals surface area contributed by atoms with Crippen LogP contribution in [0, 0.1) is 20.8 Å². The van der Waals surface area contributed by atoms with Gasteiger partial charge >= 0.3 is 0 Å². The van der Waals surface area contributed by atoms with Crippen LogP contribution in [0.1, 0.15) is 22.6 Å². The van der Waals surface area contributed by atoms with Crippen LogP contribution in [0.4, 0.5) is 0 Å². The summed E-state index contributed by atoms with van der Waals surface area (Å²) in [5.41, 5.74) is 6.07. The van der Waals surface area contributed by atoms with Gasteiger partial charge in [-0.25, -0.2) is 0 Å². The van der Waals surface area contributed by atoms with Crippen molar-refractivity contribution in [3.8, 4) is 0 Å². The van der Waals surface area contributed by atoms with Gasteiger partial charge in [0.1, 0.15) is 0 Å². The summed E-state index contributed by atoms with van der Waals surface area (Å²) in [5.74, 6) is 0. The average molecular weight is 250 g/mol. The number of hydrogen-bond donors (Lipinski definition) is 0. The minimum absolute atomic E-state index is 0.925. The van der Waals surface area contributed by atoms with Crippen molar-refractivity contribution in [3.63, 3.8) is 0 Å². The van der Waals surface area contributed by atoms with Gasteiger partial charge in [0, 0.05) is 29.0 Å². The van der Waals surface area contributed by atoms with Gasteiger partial charge in [0.15, 0.2) is 0 Å². The van der Waals surface area contributed by atoms with E-state index in [1.807, 2.05) is 6.92 Å². The maximum absolute atomic E-state index is 4.54. The van der Waals surface area contributed by atoms with E-state index in [1.165, 1.54) is 22.3 Å². The van der Waals surface area contributed by atoms with Crippen LogP contribution in [0.3, 0.4) is 0 Å². The molecule has 0 aliphatic rings. The second-order valence-corrected chi connectivity index (χ2v) is 5.18. The highest BCUT2D eigenvalue weighted by Crippen LogP contribution is 2.17. The minimum Gasteiger partial charge on any atom is -0.345 e. The smallest absolute Gasteiger partial charge is 0.0705 e. The number of fused-ring (bicyclic) bond motifs is 1. The third-order valence-electron chi connectivity index (χ3n) is 3.65. The molecular formula is C17H18N2. The Bertz CT molecular complexity index is 719. The van der Waals surface area contributed by atoms with Gasteiger partial charge in [0.2, 0.25) is 0 Å². The summed E-state index contributed by atoms with van der Waals surface area (Å²) in [6.45, 7) is 7.26. The van der Waals surface area contributed by atoms with Crippen molar-refractivity contribution in [1.29, 1.82) is 0 Å². The lowest BCUT2D eigenvalue weighted by Gasteiger charge is -2.10. The first-order chi connectivity index (χ1) is 9.13. The second kappa shape index (κ2) is 4.54. The van der Waals surface area contributed by atoms with Gasteiger partial charge in [-0.1, -0.05) is 12.1 Å². The Kier molecular flexibility index (Phi) is 2.86. The largest absolute Gasteiger partial charge is 0.345 e. The van der Waals surface area contributed by atoms with Crippen molar-refractivity contribution in [1.82, 2.24) is 9.55 Å². The number of nitrogens with zero attached hydrogens (tertiary/aromatic N) is 2. The lowest BCUT2D eigenvalue weighted by atomic mass is 10.1. The first kappa shape index (κ1) is 12.0. The molecule has 0 saturated heterocycles. The molecule has 0 unspecified atom stereocenters. The summed E-state index contributed by atoms with van der Waals surface area (Å²) in [7, 11) is 0. The molecule has 0 aliphatic carbocycles. The first-order valence-corrected chi connectivity index (χ1v) is 6.62. The molecule has 2 nitrogen and oxygen atoms in total. The molecule has 0 N–H and O–H groups in total. The zero-order valence-electron chi connectivity index (χ0n) is 11.6. The predicted octanol–water partition coefficient (Wildman–Crippen LogP) is 4.01. The number of rotatable bonds is 2. The lowest BCUT2D eigenvalue weighted by Crippen LogP contribution is -2.03. The van der Waals surface area contributed by atoms with Gasteiger partial charge < -0.3 is 4.57 Å². The highest BCUT2D eigenvalue weighted by atomic mass is 15.0. The van der Waals surface area contributed by atoms with E-state index in [1.54, 1.807) is 0 Å². The molecule has 0 radical (unpaired) electrons. The fourth-order valence-corrected chi connectivity index (χ4v) is 2.51. The Balaban J connectivity index is 2.00. The lowest BCUT2D eigenvalue weighted by molar-refractivity contribution is 0.750. The maximum Gasteiger partial charge on any atom is 0.0705 e. The van der Waals surface area contributed by atoms with Gasteiger partial charge in [0.25, 0.3) is 0 Å². The molecule has 0 aliphatic heterocycles. The number of aryl methyl sites for hydroxylation is 3. The summed E-state index contributed by atoms with van der Waals surface area (Å²) < 4.78 is 2.34. The highest BCUT2D eigenvalue weighted by Gasteiger charge is 2.03. The van der Waals surface area contributed by atoms with Crippen molar-refractivity contribution in [2.45, 2.75) is 27.3 Å². The molecule has 0 bridgehead atoms. The van der Waals surface area contributed by atoms with Gasteiger partial charge in [-0.05, 0) is 56.7 Å². The monoisotopic (exact) mass is 250 g/mol. The number of benzene rings is 1. The van der Waals surface area contributed by atoms with Crippen molar-refractivity contribution >= 4 is 10.9 Å². The molecular weight excluding hydrogens is 232 g/mol. The molecule has 3 rings (SSSR count). The molecule has 2 heterocycles. The zero-order chi connectivity index (χ0) is 13.4. The maximum atomic E-state index is 4.54. The van der Waals surface area contributed by atoms with Crippen LogP contribution in [0.2, 0.25) is 0 Å². The van der Waals surface area contributed by atoms with E-state index in [4.69, 9.17) is 0 Å². The molecule has 0 saturated carbocycles. The summed E-state index contributed by atoms with van der Waals surface area (Å²) in [6.07, 6.45) is 0. The van der Waals surface area contributed by atoms with E-state index in [9.17, 15) is 0 Å². The van der Waals surface area contributed by atoms with Crippen molar-refractivity contribution in [2.75, 3.05) is 0 Å². The fourth-order valence-electron chi connectivity index (χ4n) is 2.51. The molecule has 0 fully saturated rings. The second-order valence-electron chi connectivity index (χ2n) is 5.18. The number of aromatic nitrogens is 2. The van der Waals surface area contributed by atoms with E-state index in [0.29, 0.717) is 0 Å². The average Bonchev–Trinajstić information content (AvgIpc) is 2.71. The SMILES string of the molecule is Cc1ccc2cc(Cn3c(C)ccc3C)ccc2n1. The fraction of sp³-hybridized carbons (Fsp3) is 0.235. The van der Waals surface area contributed by atoms with E-state index in [-0.39, 0.29) is 0 Å². The van der Waals surface area contributed by atoms with Crippen molar-refractivity contribution < 1.29 is 0 Å². The third kappa shape index (κ3) is 2.26.